The third kappa shape index (κ3) is 14.6. The van der Waals surface area contributed by atoms with Gasteiger partial charge >= 0.3 is 23.5 Å². The van der Waals surface area contributed by atoms with Crippen LogP contribution in [0.5, 0.6) is 0 Å². The van der Waals surface area contributed by atoms with Gasteiger partial charge in [-0.1, -0.05) is 66.1 Å². The molecule has 30 heteroatoms. The minimum Gasteiger partial charge on any atom is -0.393 e. The van der Waals surface area contributed by atoms with Gasteiger partial charge in [-0.3, -0.25) is 32.5 Å². The topological polar surface area (TPSA) is 404 Å². The highest BCUT2D eigenvalue weighted by Crippen LogP contribution is 2.68. The van der Waals surface area contributed by atoms with Crippen molar-refractivity contribution in [2.24, 2.45) is 57.7 Å². The number of anilines is 1. The maximum Gasteiger partial charge on any atom is 0.481 e. The second-order valence-electron chi connectivity index (χ2n) is 23.5. The summed E-state index contributed by atoms with van der Waals surface area (Å²) in [7, 11) is -16.5. The lowest BCUT2D eigenvalue weighted by Gasteiger charge is -2.62. The highest BCUT2D eigenvalue weighted by atomic mass is 32.2. The molecule has 5 fully saturated rings. The Kier molecular flexibility index (Phi) is 20.3. The van der Waals surface area contributed by atoms with Crippen molar-refractivity contribution in [2.45, 2.75) is 161 Å². The number of carbonyl (C=O) groups is 3. The number of thioether (sulfide) groups is 1. The van der Waals surface area contributed by atoms with Gasteiger partial charge in [0.15, 0.2) is 22.8 Å². The Balaban J connectivity index is 0.764. The second kappa shape index (κ2) is 25.1. The summed E-state index contributed by atoms with van der Waals surface area (Å²) in [6, 6.07) is 0. The standard InChI is InChI=1S/C48H80N7O19P3S/c1-26(30-10-11-31-36-32(13-16-48(30,31)6)47(5)15-12-29(56)20-28(47)21-33(36)57)8-7-9-27(2)45(62)78-19-18-50-35(58)14-17-51-43(61)40(60)46(3,4)23-71-77(68,69)74-76(66,67)70-22-34-39(73-75(63,64)65)38(59)44(72-34)55-25-54-37-41(49)52-24-53-42(37)55/h24-34,36,38-40,44,56-57,59-60H,7-23H2,1-6H3,(H,50,58)(H,51,61)(H,66,67)(H,68,69)(H2,49,52,53)(H2,63,64,65)/t26-,27+,28+,29-,30-,31+,32+,33-,34-,36+,38-,39-,40?,44-,47+,48-/m1/s1. The average molecular weight is 1180 g/mol. The first-order valence-electron chi connectivity index (χ1n) is 26.8. The second-order valence-corrected chi connectivity index (χ2v) is 28.8. The van der Waals surface area contributed by atoms with Crippen LogP contribution in [0.25, 0.3) is 11.2 Å². The number of nitrogens with zero attached hydrogens (tertiary/aromatic N) is 4. The molecule has 0 spiro atoms. The predicted octanol–water partition coefficient (Wildman–Crippen LogP) is 4.10. The van der Waals surface area contributed by atoms with E-state index in [9.17, 15) is 68.1 Å². The molecule has 1 aliphatic heterocycles. The Bertz CT molecular complexity index is 2600. The lowest BCUT2D eigenvalue weighted by molar-refractivity contribution is -0.174. The van der Waals surface area contributed by atoms with E-state index in [1.165, 1.54) is 26.7 Å². The molecule has 2 aromatic heterocycles. The number of carbonyl (C=O) groups excluding carboxylic acids is 3. The quantitative estimate of drug-likeness (QED) is 0.0492. The van der Waals surface area contributed by atoms with Crippen molar-refractivity contribution in [3.8, 4) is 0 Å². The maximum atomic E-state index is 13.0. The first-order valence-corrected chi connectivity index (χ1v) is 32.3. The molecular formula is C48H80N7O19P3S. The summed E-state index contributed by atoms with van der Waals surface area (Å²) in [6.45, 7) is 9.72. The molecule has 12 N–H and O–H groups in total. The maximum absolute atomic E-state index is 13.0. The molecule has 442 valence electrons. The monoisotopic (exact) mass is 1180 g/mol. The number of hydrogen-bond acceptors (Lipinski definition) is 20. The number of nitrogens with two attached hydrogens (primary N) is 1. The van der Waals surface area contributed by atoms with Gasteiger partial charge in [0.2, 0.25) is 11.8 Å². The summed E-state index contributed by atoms with van der Waals surface area (Å²) in [5.41, 5.74) is 4.67. The number of rotatable bonds is 25. The zero-order valence-corrected chi connectivity index (χ0v) is 48.4. The van der Waals surface area contributed by atoms with Gasteiger partial charge in [-0.15, -0.1) is 0 Å². The number of aliphatic hydroxyl groups excluding tert-OH is 4. The summed E-state index contributed by atoms with van der Waals surface area (Å²) in [5.74, 6) is 1.58. The molecule has 3 heterocycles. The van der Waals surface area contributed by atoms with Gasteiger partial charge in [0.05, 0.1) is 31.7 Å². The Hall–Kier alpha value is -2.52. The van der Waals surface area contributed by atoms with Gasteiger partial charge in [0.1, 0.15) is 36.3 Å². The molecule has 18 atom stereocenters. The Morgan fingerprint density at radius 1 is 0.923 bits per heavy atom. The van der Waals surface area contributed by atoms with E-state index in [4.69, 9.17) is 19.5 Å². The van der Waals surface area contributed by atoms with Crippen molar-refractivity contribution in [1.82, 2.24) is 30.2 Å². The Morgan fingerprint density at radius 2 is 1.62 bits per heavy atom. The number of nitrogens with one attached hydrogen (secondary N) is 2. The van der Waals surface area contributed by atoms with Crippen LogP contribution in [-0.2, 0) is 50.7 Å². The van der Waals surface area contributed by atoms with Crippen molar-refractivity contribution in [3.63, 3.8) is 0 Å². The number of aromatic nitrogens is 4. The largest absolute Gasteiger partial charge is 0.481 e. The number of aliphatic hydroxyl groups is 4. The van der Waals surface area contributed by atoms with Crippen LogP contribution in [0.3, 0.4) is 0 Å². The number of phosphoric acid groups is 3. The molecule has 78 heavy (non-hydrogen) atoms. The number of imidazole rings is 1. The molecule has 4 saturated carbocycles. The van der Waals surface area contributed by atoms with Crippen LogP contribution in [0, 0.1) is 57.7 Å². The van der Waals surface area contributed by atoms with Crippen LogP contribution in [0.4, 0.5) is 5.82 Å². The molecule has 7 rings (SSSR count). The minimum atomic E-state index is -5.60. The van der Waals surface area contributed by atoms with Crippen molar-refractivity contribution >= 4 is 69.1 Å². The van der Waals surface area contributed by atoms with E-state index in [0.29, 0.717) is 41.3 Å². The highest BCUT2D eigenvalue weighted by molar-refractivity contribution is 8.13. The lowest BCUT2D eigenvalue weighted by atomic mass is 9.43. The van der Waals surface area contributed by atoms with Crippen molar-refractivity contribution in [2.75, 3.05) is 37.8 Å². The van der Waals surface area contributed by atoms with Crippen molar-refractivity contribution < 1.29 is 90.7 Å². The number of phosphoric ester groups is 3. The fraction of sp³-hybridized carbons (Fsp3) is 0.833. The SMILES string of the molecule is C[C@H](CCC[C@H](C)C(=O)SCCNC(=O)CCNC(=O)C(O)C(C)(C)COP(=O)(O)OP(=O)(O)OC[C@H]1O[C@@H](n2cnc3c(N)ncnc32)[C@H](O)[C@@H]1OP(=O)(O)O)[C@H]1CC[C@H]2[C@@H]3[C@H](O)C[C@@H]4C[C@H](O)CC[C@]4(C)[C@H]3CC[C@]12C. The van der Waals surface area contributed by atoms with Crippen LogP contribution < -0.4 is 16.4 Å². The first-order chi connectivity index (χ1) is 36.4. The van der Waals surface area contributed by atoms with Crippen LogP contribution in [-0.4, -0.2) is 145 Å². The first kappa shape index (κ1) is 63.1. The third-order valence-electron chi connectivity index (χ3n) is 17.9. The van der Waals surface area contributed by atoms with Gasteiger partial charge in [0.25, 0.3) is 0 Å². The fourth-order valence-corrected chi connectivity index (χ4v) is 17.3. The fourth-order valence-electron chi connectivity index (χ4n) is 13.7. The number of nitrogen functional groups attached to an aromatic ring is 1. The molecule has 3 unspecified atom stereocenters. The van der Waals surface area contributed by atoms with Gasteiger partial charge in [0, 0.05) is 36.6 Å². The molecule has 0 bridgehead atoms. The lowest BCUT2D eigenvalue weighted by Crippen LogP contribution is -2.58. The molecule has 0 aromatic carbocycles. The van der Waals surface area contributed by atoms with E-state index in [2.05, 4.69) is 55.2 Å². The average Bonchev–Trinajstić information content (AvgIpc) is 4.22. The minimum absolute atomic E-state index is 0.0293. The van der Waals surface area contributed by atoms with E-state index in [1.54, 1.807) is 0 Å². The molecule has 26 nitrogen and oxygen atoms in total. The summed E-state index contributed by atoms with van der Waals surface area (Å²) in [6.07, 6.45) is 3.42. The predicted molar refractivity (Wildman–Crippen MR) is 282 cm³/mol. The zero-order chi connectivity index (χ0) is 57.3. The summed E-state index contributed by atoms with van der Waals surface area (Å²) in [4.78, 5) is 89.9. The molecule has 4 aliphatic carbocycles. The Morgan fingerprint density at radius 3 is 2.33 bits per heavy atom. The zero-order valence-electron chi connectivity index (χ0n) is 44.9. The molecular weight excluding hydrogens is 1100 g/mol. The van der Waals surface area contributed by atoms with Crippen LogP contribution in [0.2, 0.25) is 0 Å². The van der Waals surface area contributed by atoms with E-state index in [-0.39, 0.29) is 70.6 Å². The van der Waals surface area contributed by atoms with Crippen LogP contribution in [0.1, 0.15) is 125 Å². The molecule has 2 amide bonds. The van der Waals surface area contributed by atoms with Gasteiger partial charge in [-0.2, -0.15) is 4.31 Å². The molecule has 0 radical (unpaired) electrons. The van der Waals surface area contributed by atoms with E-state index in [1.807, 2.05) is 6.92 Å². The van der Waals surface area contributed by atoms with Gasteiger partial charge < -0.3 is 61.1 Å². The van der Waals surface area contributed by atoms with Gasteiger partial charge in [-0.05, 0) is 104 Å². The molecule has 1 saturated heterocycles. The van der Waals surface area contributed by atoms with E-state index >= 15 is 0 Å². The van der Waals surface area contributed by atoms with Crippen LogP contribution in [0.15, 0.2) is 12.7 Å². The van der Waals surface area contributed by atoms with Gasteiger partial charge in [-0.25, -0.2) is 28.6 Å². The third-order valence-corrected chi connectivity index (χ3v) is 22.1. The number of ether oxygens (including phenoxy) is 1. The van der Waals surface area contributed by atoms with E-state index in [0.717, 1.165) is 86.8 Å². The normalized spacial score (nSPS) is 33.9. The van der Waals surface area contributed by atoms with Crippen LogP contribution >= 0.6 is 35.2 Å². The summed E-state index contributed by atoms with van der Waals surface area (Å²) in [5, 5.41) is 48.9. The summed E-state index contributed by atoms with van der Waals surface area (Å²) < 4.78 is 62.8. The molecule has 5 aliphatic rings. The van der Waals surface area contributed by atoms with E-state index < -0.39 is 84.6 Å². The smallest absolute Gasteiger partial charge is 0.393 e. The van der Waals surface area contributed by atoms with Crippen molar-refractivity contribution in [3.05, 3.63) is 12.7 Å². The highest BCUT2D eigenvalue weighted by Gasteiger charge is 2.63. The number of hydrogen-bond donors (Lipinski definition) is 11. The summed E-state index contributed by atoms with van der Waals surface area (Å²) >= 11 is 1.16. The van der Waals surface area contributed by atoms with Crippen molar-refractivity contribution in [1.29, 1.82) is 0 Å². The number of amides is 2. The Labute approximate surface area is 457 Å². The number of fused-ring (bicyclic) bond motifs is 6. The molecule has 2 aromatic rings.